The van der Waals surface area contributed by atoms with Crippen LogP contribution in [0.4, 0.5) is 0 Å². The Morgan fingerprint density at radius 1 is 0.286 bits per heavy atom. The van der Waals surface area contributed by atoms with E-state index in [1.54, 1.807) is 22.7 Å². The van der Waals surface area contributed by atoms with Crippen LogP contribution in [-0.2, 0) is 0 Å². The van der Waals surface area contributed by atoms with Gasteiger partial charge in [-0.15, -0.1) is 22.7 Å². The molecule has 0 unspecified atom stereocenters. The predicted octanol–water partition coefficient (Wildman–Crippen LogP) is 13.4. The Balaban J connectivity index is 1.09. The van der Waals surface area contributed by atoms with Gasteiger partial charge in [-0.3, -0.25) is 0 Å². The molecule has 0 bridgehead atoms. The molecule has 0 spiro atoms. The summed E-state index contributed by atoms with van der Waals surface area (Å²) in [6, 6.07) is 60.7. The number of pyridine rings is 1. The highest BCUT2D eigenvalue weighted by atomic mass is 32.1. The SMILES string of the molecule is c1ccc(-c2cc(-c3cccc4c3sc3ccccc34)nc(-c3cccc(-c4nc(-c5ccccc5)cc(-c5cccc6c5sc5ccccc56)n4)n3)n2)cc1. The summed E-state index contributed by atoms with van der Waals surface area (Å²) in [6.45, 7) is 0. The predicted molar refractivity (Wildman–Crippen MR) is 234 cm³/mol. The van der Waals surface area contributed by atoms with E-state index in [1.165, 1.54) is 40.3 Å². The molecule has 0 aliphatic carbocycles. The lowest BCUT2D eigenvalue weighted by molar-refractivity contribution is 1.12. The topological polar surface area (TPSA) is 64.5 Å². The maximum absolute atomic E-state index is 5.23. The van der Waals surface area contributed by atoms with E-state index in [9.17, 15) is 0 Å². The molecule has 0 saturated heterocycles. The zero-order valence-electron chi connectivity index (χ0n) is 29.8. The summed E-state index contributed by atoms with van der Waals surface area (Å²) >= 11 is 3.59. The molecule has 0 aliphatic rings. The van der Waals surface area contributed by atoms with E-state index in [1.807, 2.05) is 54.6 Å². The average molecular weight is 752 g/mol. The Kier molecular flexibility index (Phi) is 7.79. The second kappa shape index (κ2) is 13.4. The number of benzene rings is 6. The molecular weight excluding hydrogens is 723 g/mol. The van der Waals surface area contributed by atoms with Gasteiger partial charge in [-0.05, 0) is 36.4 Å². The number of hydrogen-bond acceptors (Lipinski definition) is 7. The summed E-state index contributed by atoms with van der Waals surface area (Å²) in [6.07, 6.45) is 0. The van der Waals surface area contributed by atoms with Crippen LogP contribution in [0.1, 0.15) is 0 Å². The summed E-state index contributed by atoms with van der Waals surface area (Å²) in [5.41, 5.74) is 8.80. The summed E-state index contributed by atoms with van der Waals surface area (Å²) in [5, 5.41) is 4.95. The Bertz CT molecular complexity index is 3050. The molecule has 5 heterocycles. The van der Waals surface area contributed by atoms with Crippen LogP contribution in [0.3, 0.4) is 0 Å². The number of rotatable bonds is 6. The van der Waals surface area contributed by atoms with Gasteiger partial charge >= 0.3 is 0 Å². The van der Waals surface area contributed by atoms with Crippen LogP contribution in [0.15, 0.2) is 176 Å². The van der Waals surface area contributed by atoms with Gasteiger partial charge in [0.1, 0.15) is 11.4 Å². The van der Waals surface area contributed by atoms with Gasteiger partial charge in [0.05, 0.1) is 22.8 Å². The van der Waals surface area contributed by atoms with Gasteiger partial charge in [-0.1, -0.05) is 140 Å². The minimum atomic E-state index is 0.538. The van der Waals surface area contributed by atoms with Crippen molar-refractivity contribution in [2.75, 3.05) is 0 Å². The van der Waals surface area contributed by atoms with E-state index in [0.717, 1.165) is 45.0 Å². The zero-order chi connectivity index (χ0) is 37.0. The van der Waals surface area contributed by atoms with Gasteiger partial charge in [0.15, 0.2) is 11.6 Å². The van der Waals surface area contributed by atoms with Crippen LogP contribution in [0.5, 0.6) is 0 Å². The fourth-order valence-corrected chi connectivity index (χ4v) is 9.94. The highest BCUT2D eigenvalue weighted by Gasteiger charge is 2.19. The molecular formula is C49H29N5S2. The van der Waals surface area contributed by atoms with E-state index >= 15 is 0 Å². The van der Waals surface area contributed by atoms with Crippen LogP contribution in [0, 0.1) is 0 Å². The minimum absolute atomic E-state index is 0.538. The van der Waals surface area contributed by atoms with Gasteiger partial charge in [0.2, 0.25) is 0 Å². The van der Waals surface area contributed by atoms with Gasteiger partial charge in [-0.2, -0.15) is 0 Å². The van der Waals surface area contributed by atoms with Crippen molar-refractivity contribution in [2.45, 2.75) is 0 Å². The average Bonchev–Trinajstić information content (AvgIpc) is 3.86. The molecule has 11 aromatic rings. The fourth-order valence-electron chi connectivity index (χ4n) is 7.49. The summed E-state index contributed by atoms with van der Waals surface area (Å²) in [5.74, 6) is 1.08. The number of hydrogen-bond donors (Lipinski definition) is 0. The first-order valence-corrected chi connectivity index (χ1v) is 20.0. The van der Waals surface area contributed by atoms with Crippen molar-refractivity contribution in [1.82, 2.24) is 24.9 Å². The standard InChI is InChI=1S/C49H29N5S2/c1-3-14-30(15-4-1)40-28-42(36-22-11-20-34-32-18-7-9-26-44(32)55-46(34)36)53-48(51-40)38-24-13-25-39(50-38)49-52-41(31-16-5-2-6-17-31)29-43(54-49)37-23-12-21-35-33-19-8-10-27-45(33)56-47(35)37/h1-29H. The van der Waals surface area contributed by atoms with Crippen molar-refractivity contribution in [2.24, 2.45) is 0 Å². The quantitative estimate of drug-likeness (QED) is 0.169. The largest absolute Gasteiger partial charge is 0.241 e. The van der Waals surface area contributed by atoms with Crippen molar-refractivity contribution in [3.63, 3.8) is 0 Å². The number of nitrogens with zero attached hydrogens (tertiary/aromatic N) is 5. The van der Waals surface area contributed by atoms with Crippen molar-refractivity contribution in [1.29, 1.82) is 0 Å². The maximum Gasteiger partial charge on any atom is 0.179 e. The van der Waals surface area contributed by atoms with Crippen LogP contribution in [-0.4, -0.2) is 24.9 Å². The molecule has 0 aliphatic heterocycles. The highest BCUT2D eigenvalue weighted by molar-refractivity contribution is 7.26. The number of fused-ring (bicyclic) bond motifs is 6. The molecule has 5 aromatic heterocycles. The molecule has 11 rings (SSSR count). The molecule has 0 amide bonds. The third-order valence-electron chi connectivity index (χ3n) is 10.2. The first kappa shape index (κ1) is 32.5. The summed E-state index contributed by atoms with van der Waals surface area (Å²) in [4.78, 5) is 25.9. The third-order valence-corrected chi connectivity index (χ3v) is 12.6. The van der Waals surface area contributed by atoms with Crippen molar-refractivity contribution in [3.05, 3.63) is 176 Å². The molecule has 6 aromatic carbocycles. The van der Waals surface area contributed by atoms with Crippen molar-refractivity contribution >= 4 is 63.0 Å². The van der Waals surface area contributed by atoms with E-state index in [2.05, 4.69) is 121 Å². The monoisotopic (exact) mass is 751 g/mol. The van der Waals surface area contributed by atoms with E-state index in [0.29, 0.717) is 23.0 Å². The number of thiophene rings is 2. The Labute approximate surface area is 330 Å². The fraction of sp³-hybridized carbons (Fsp3) is 0. The highest BCUT2D eigenvalue weighted by Crippen LogP contribution is 2.42. The lowest BCUT2D eigenvalue weighted by atomic mass is 10.0. The van der Waals surface area contributed by atoms with Crippen LogP contribution < -0.4 is 0 Å². The second-order valence-electron chi connectivity index (χ2n) is 13.6. The molecule has 56 heavy (non-hydrogen) atoms. The Hall–Kier alpha value is -6.93. The summed E-state index contributed by atoms with van der Waals surface area (Å²) in [7, 11) is 0. The lowest BCUT2D eigenvalue weighted by Crippen LogP contribution is -2.00. The first-order chi connectivity index (χ1) is 27.7. The van der Waals surface area contributed by atoms with Crippen LogP contribution >= 0.6 is 22.7 Å². The van der Waals surface area contributed by atoms with Gasteiger partial charge in [0.25, 0.3) is 0 Å². The van der Waals surface area contributed by atoms with Gasteiger partial charge < -0.3 is 0 Å². The molecule has 0 atom stereocenters. The van der Waals surface area contributed by atoms with E-state index in [-0.39, 0.29) is 0 Å². The molecule has 0 N–H and O–H groups in total. The minimum Gasteiger partial charge on any atom is -0.241 e. The molecule has 0 saturated carbocycles. The second-order valence-corrected chi connectivity index (χ2v) is 15.7. The molecule has 5 nitrogen and oxygen atoms in total. The first-order valence-electron chi connectivity index (χ1n) is 18.4. The van der Waals surface area contributed by atoms with Crippen molar-refractivity contribution < 1.29 is 0 Å². The smallest absolute Gasteiger partial charge is 0.179 e. The zero-order valence-corrected chi connectivity index (χ0v) is 31.4. The molecule has 0 radical (unpaired) electrons. The third kappa shape index (κ3) is 5.64. The Morgan fingerprint density at radius 2 is 0.679 bits per heavy atom. The summed E-state index contributed by atoms with van der Waals surface area (Å²) < 4.78 is 4.91. The van der Waals surface area contributed by atoms with E-state index in [4.69, 9.17) is 24.9 Å². The Morgan fingerprint density at radius 3 is 1.16 bits per heavy atom. The van der Waals surface area contributed by atoms with Crippen molar-refractivity contribution in [3.8, 4) is 68.1 Å². The van der Waals surface area contributed by atoms with Gasteiger partial charge in [0, 0.05) is 62.6 Å². The normalized spacial score (nSPS) is 11.6. The molecule has 262 valence electrons. The lowest BCUT2D eigenvalue weighted by Gasteiger charge is -2.12. The maximum atomic E-state index is 5.23. The van der Waals surface area contributed by atoms with Crippen LogP contribution in [0.2, 0.25) is 0 Å². The molecule has 7 heteroatoms. The van der Waals surface area contributed by atoms with Gasteiger partial charge in [-0.25, -0.2) is 24.9 Å². The van der Waals surface area contributed by atoms with Crippen LogP contribution in [0.25, 0.3) is 108 Å². The van der Waals surface area contributed by atoms with E-state index < -0.39 is 0 Å². The number of aromatic nitrogens is 5. The molecule has 0 fully saturated rings.